The van der Waals surface area contributed by atoms with E-state index in [1.807, 2.05) is 37.3 Å². The van der Waals surface area contributed by atoms with Crippen LogP contribution in [0.4, 0.5) is 5.69 Å². The van der Waals surface area contributed by atoms with Crippen LogP contribution in [0, 0.1) is 0 Å². The average molecular weight is 267 g/mol. The minimum absolute atomic E-state index is 0.0575. The summed E-state index contributed by atoms with van der Waals surface area (Å²) in [4.78, 5) is 16.3. The molecule has 2 aromatic rings. The third-order valence-corrected chi connectivity index (χ3v) is 3.61. The molecule has 3 rings (SSSR count). The van der Waals surface area contributed by atoms with E-state index in [4.69, 9.17) is 0 Å². The molecule has 2 heterocycles. The quantitative estimate of drug-likeness (QED) is 0.898. The summed E-state index contributed by atoms with van der Waals surface area (Å²) < 4.78 is 0. The Morgan fingerprint density at radius 3 is 3.10 bits per heavy atom. The van der Waals surface area contributed by atoms with Gasteiger partial charge in [0.2, 0.25) is 0 Å². The van der Waals surface area contributed by atoms with Crippen LogP contribution in [0.2, 0.25) is 0 Å². The summed E-state index contributed by atoms with van der Waals surface area (Å²) >= 11 is 0. The Kier molecular flexibility index (Phi) is 3.37. The topological polar surface area (TPSA) is 54.0 Å². The number of carbonyl (C=O) groups is 1. The van der Waals surface area contributed by atoms with Gasteiger partial charge in [-0.15, -0.1) is 0 Å². The number of amides is 1. The molecule has 0 saturated heterocycles. The van der Waals surface area contributed by atoms with Crippen molar-refractivity contribution in [1.29, 1.82) is 0 Å². The van der Waals surface area contributed by atoms with Crippen molar-refractivity contribution in [1.82, 2.24) is 10.3 Å². The van der Waals surface area contributed by atoms with Crippen molar-refractivity contribution >= 4 is 11.6 Å². The Hall–Kier alpha value is -2.36. The Morgan fingerprint density at radius 2 is 2.30 bits per heavy atom. The Balaban J connectivity index is 1.73. The predicted octanol–water partition coefficient (Wildman–Crippen LogP) is 2.54. The summed E-state index contributed by atoms with van der Waals surface area (Å²) in [5.74, 6) is -0.0575. The zero-order valence-electron chi connectivity index (χ0n) is 11.4. The molecular formula is C16H17N3O. The van der Waals surface area contributed by atoms with Gasteiger partial charge in [0.25, 0.3) is 5.91 Å². The van der Waals surface area contributed by atoms with Gasteiger partial charge in [0.15, 0.2) is 0 Å². The number of pyridine rings is 1. The maximum absolute atomic E-state index is 12.3. The van der Waals surface area contributed by atoms with E-state index < -0.39 is 0 Å². The predicted molar refractivity (Wildman–Crippen MR) is 78.8 cm³/mol. The van der Waals surface area contributed by atoms with Gasteiger partial charge >= 0.3 is 0 Å². The largest absolute Gasteiger partial charge is 0.384 e. The van der Waals surface area contributed by atoms with Gasteiger partial charge in [-0.1, -0.05) is 12.1 Å². The van der Waals surface area contributed by atoms with Crippen LogP contribution >= 0.6 is 0 Å². The standard InChI is InChI=1S/C16H17N3O/c1-11(14-3-2-7-17-10-14)19-16(20)13-5-4-12-6-8-18-15(12)9-13/h2-5,7,9-11,18H,6,8H2,1H3,(H,19,20)/t11-/m1/s1. The molecule has 1 aliphatic heterocycles. The summed E-state index contributed by atoms with van der Waals surface area (Å²) in [5, 5.41) is 6.29. The second-order valence-corrected chi connectivity index (χ2v) is 5.03. The van der Waals surface area contributed by atoms with E-state index in [9.17, 15) is 4.79 Å². The summed E-state index contributed by atoms with van der Waals surface area (Å²) in [6.07, 6.45) is 4.53. The minimum atomic E-state index is -0.0580. The van der Waals surface area contributed by atoms with Crippen LogP contribution in [0.5, 0.6) is 0 Å². The van der Waals surface area contributed by atoms with E-state index in [2.05, 4.69) is 15.6 Å². The molecule has 4 nitrogen and oxygen atoms in total. The maximum atomic E-state index is 12.3. The highest BCUT2D eigenvalue weighted by Gasteiger charge is 2.15. The van der Waals surface area contributed by atoms with Crippen LogP contribution in [0.1, 0.15) is 34.5 Å². The van der Waals surface area contributed by atoms with Crippen molar-refractivity contribution < 1.29 is 4.79 Å². The monoisotopic (exact) mass is 267 g/mol. The van der Waals surface area contributed by atoms with Gasteiger partial charge in [-0.2, -0.15) is 0 Å². The molecule has 0 fully saturated rings. The summed E-state index contributed by atoms with van der Waals surface area (Å²) in [6, 6.07) is 9.61. The zero-order valence-corrected chi connectivity index (χ0v) is 11.4. The molecule has 1 aliphatic rings. The summed E-state index contributed by atoms with van der Waals surface area (Å²) in [7, 11) is 0. The van der Waals surface area contributed by atoms with E-state index >= 15 is 0 Å². The lowest BCUT2D eigenvalue weighted by atomic mass is 10.1. The number of anilines is 1. The van der Waals surface area contributed by atoms with Crippen LogP contribution < -0.4 is 10.6 Å². The van der Waals surface area contributed by atoms with Gasteiger partial charge in [-0.3, -0.25) is 9.78 Å². The van der Waals surface area contributed by atoms with Gasteiger partial charge in [-0.05, 0) is 42.7 Å². The van der Waals surface area contributed by atoms with Crippen LogP contribution in [0.15, 0.2) is 42.7 Å². The second-order valence-electron chi connectivity index (χ2n) is 5.03. The van der Waals surface area contributed by atoms with Crippen LogP contribution in [-0.2, 0) is 6.42 Å². The molecule has 0 unspecified atom stereocenters. The molecule has 0 spiro atoms. The molecular weight excluding hydrogens is 250 g/mol. The number of nitrogens with one attached hydrogen (secondary N) is 2. The van der Waals surface area contributed by atoms with Gasteiger partial charge in [0.05, 0.1) is 6.04 Å². The summed E-state index contributed by atoms with van der Waals surface area (Å²) in [5.41, 5.74) is 4.04. The molecule has 1 amide bonds. The van der Waals surface area contributed by atoms with Crippen LogP contribution in [-0.4, -0.2) is 17.4 Å². The molecule has 0 bridgehead atoms. The second kappa shape index (κ2) is 5.33. The van der Waals surface area contributed by atoms with Crippen molar-refractivity contribution in [3.63, 3.8) is 0 Å². The van der Waals surface area contributed by atoms with Gasteiger partial charge in [0, 0.05) is 30.2 Å². The van der Waals surface area contributed by atoms with Crippen molar-refractivity contribution in [2.75, 3.05) is 11.9 Å². The first-order valence-corrected chi connectivity index (χ1v) is 6.81. The molecule has 4 heteroatoms. The Labute approximate surface area is 118 Å². The number of aromatic nitrogens is 1. The Bertz CT molecular complexity index is 625. The molecule has 1 aromatic carbocycles. The van der Waals surface area contributed by atoms with E-state index in [1.54, 1.807) is 12.4 Å². The lowest BCUT2D eigenvalue weighted by molar-refractivity contribution is 0.0940. The van der Waals surface area contributed by atoms with E-state index in [1.165, 1.54) is 5.56 Å². The molecule has 0 aliphatic carbocycles. The van der Waals surface area contributed by atoms with E-state index in [0.717, 1.165) is 24.2 Å². The van der Waals surface area contributed by atoms with Crippen LogP contribution in [0.3, 0.4) is 0 Å². The van der Waals surface area contributed by atoms with Gasteiger partial charge < -0.3 is 10.6 Å². The van der Waals surface area contributed by atoms with Crippen molar-refractivity contribution in [2.24, 2.45) is 0 Å². The molecule has 1 aromatic heterocycles. The third-order valence-electron chi connectivity index (χ3n) is 3.61. The molecule has 1 atom stereocenters. The maximum Gasteiger partial charge on any atom is 0.251 e. The van der Waals surface area contributed by atoms with Crippen LogP contribution in [0.25, 0.3) is 0 Å². The SMILES string of the molecule is C[C@@H](NC(=O)c1ccc2c(c1)NCC2)c1cccnc1. The lowest BCUT2D eigenvalue weighted by Crippen LogP contribution is -2.26. The molecule has 2 N–H and O–H groups in total. The third kappa shape index (κ3) is 2.50. The van der Waals surface area contributed by atoms with Crippen molar-refractivity contribution in [3.8, 4) is 0 Å². The highest BCUT2D eigenvalue weighted by atomic mass is 16.1. The first-order valence-electron chi connectivity index (χ1n) is 6.81. The number of nitrogens with zero attached hydrogens (tertiary/aromatic N) is 1. The van der Waals surface area contributed by atoms with E-state index in [0.29, 0.717) is 5.56 Å². The van der Waals surface area contributed by atoms with Gasteiger partial charge in [0.1, 0.15) is 0 Å². The lowest BCUT2D eigenvalue weighted by Gasteiger charge is -2.14. The highest BCUT2D eigenvalue weighted by molar-refractivity contribution is 5.95. The number of fused-ring (bicyclic) bond motifs is 1. The molecule has 20 heavy (non-hydrogen) atoms. The first-order chi connectivity index (χ1) is 9.74. The van der Waals surface area contributed by atoms with Crippen molar-refractivity contribution in [3.05, 3.63) is 59.4 Å². The van der Waals surface area contributed by atoms with Gasteiger partial charge in [-0.25, -0.2) is 0 Å². The fourth-order valence-corrected chi connectivity index (χ4v) is 2.43. The Morgan fingerprint density at radius 1 is 1.40 bits per heavy atom. The number of benzene rings is 1. The highest BCUT2D eigenvalue weighted by Crippen LogP contribution is 2.23. The fourth-order valence-electron chi connectivity index (χ4n) is 2.43. The number of carbonyl (C=O) groups excluding carboxylic acids is 1. The van der Waals surface area contributed by atoms with Crippen molar-refractivity contribution in [2.45, 2.75) is 19.4 Å². The summed E-state index contributed by atoms with van der Waals surface area (Å²) in [6.45, 7) is 2.91. The smallest absolute Gasteiger partial charge is 0.251 e. The molecule has 102 valence electrons. The number of hydrogen-bond acceptors (Lipinski definition) is 3. The minimum Gasteiger partial charge on any atom is -0.384 e. The molecule has 0 saturated carbocycles. The number of hydrogen-bond donors (Lipinski definition) is 2. The number of rotatable bonds is 3. The zero-order chi connectivity index (χ0) is 13.9. The normalized spacial score (nSPS) is 14.2. The van der Waals surface area contributed by atoms with E-state index in [-0.39, 0.29) is 11.9 Å². The fraction of sp³-hybridized carbons (Fsp3) is 0.250. The first kappa shape index (κ1) is 12.7. The molecule has 0 radical (unpaired) electrons. The average Bonchev–Trinajstić information content (AvgIpc) is 2.95.